The molecule has 0 saturated carbocycles. The largest absolute Gasteiger partial charge is 0.320 e. The minimum absolute atomic E-state index is 0.0509. The van der Waals surface area contributed by atoms with Crippen LogP contribution >= 0.6 is 11.3 Å². The van der Waals surface area contributed by atoms with Gasteiger partial charge in [-0.2, -0.15) is 14.0 Å². The summed E-state index contributed by atoms with van der Waals surface area (Å²) in [5, 5.41) is 9.63. The monoisotopic (exact) mass is 369 g/mol. The van der Waals surface area contributed by atoms with Crippen LogP contribution in [-0.4, -0.2) is 18.9 Å². The van der Waals surface area contributed by atoms with Gasteiger partial charge in [-0.1, -0.05) is 12.1 Å². The van der Waals surface area contributed by atoms with E-state index in [9.17, 15) is 14.0 Å². The highest BCUT2D eigenvalue weighted by molar-refractivity contribution is 7.17. The SMILES string of the molecule is Cc1cn2c(C=C(C#N)c3nc4ccccc4n3C(F)F)c(C)nc2s1. The first-order chi connectivity index (χ1) is 12.5. The van der Waals surface area contributed by atoms with Crippen molar-refractivity contribution in [3.63, 3.8) is 0 Å². The number of allylic oxidation sites excluding steroid dienone is 1. The number of fused-ring (bicyclic) bond motifs is 2. The van der Waals surface area contributed by atoms with Crippen molar-refractivity contribution in [1.29, 1.82) is 5.26 Å². The zero-order valence-electron chi connectivity index (χ0n) is 13.9. The lowest BCUT2D eigenvalue weighted by molar-refractivity contribution is 0.0738. The number of alkyl halides is 2. The summed E-state index contributed by atoms with van der Waals surface area (Å²) >= 11 is 1.53. The average Bonchev–Trinajstić information content (AvgIpc) is 3.23. The van der Waals surface area contributed by atoms with Crippen LogP contribution in [0.25, 0.3) is 27.6 Å². The molecule has 0 spiro atoms. The fraction of sp³-hybridized carbons (Fsp3) is 0.167. The summed E-state index contributed by atoms with van der Waals surface area (Å²) in [6, 6.07) is 8.63. The Morgan fingerprint density at radius 1 is 1.27 bits per heavy atom. The highest BCUT2D eigenvalue weighted by Gasteiger charge is 2.21. The molecule has 0 aliphatic rings. The Balaban J connectivity index is 1.97. The summed E-state index contributed by atoms with van der Waals surface area (Å²) in [6.45, 7) is 0.986. The first kappa shape index (κ1) is 16.4. The standard InChI is InChI=1S/C18H13F2N5S/c1-10-9-24-15(11(2)22-18(24)26-10)7-12(8-21)16-23-13-5-3-4-6-14(13)25(16)17(19)20/h3-7,9,17H,1-2H3. The molecule has 4 rings (SSSR count). The molecule has 3 aromatic heterocycles. The smallest absolute Gasteiger partial charge is 0.290 e. The number of thiazole rings is 1. The average molecular weight is 369 g/mol. The van der Waals surface area contributed by atoms with Gasteiger partial charge < -0.3 is 0 Å². The second-order valence-electron chi connectivity index (χ2n) is 5.82. The van der Waals surface area contributed by atoms with Gasteiger partial charge >= 0.3 is 6.55 Å². The van der Waals surface area contributed by atoms with Crippen molar-refractivity contribution in [3.8, 4) is 6.07 Å². The number of halogens is 2. The zero-order chi connectivity index (χ0) is 18.4. The molecule has 0 radical (unpaired) electrons. The Labute approximate surface area is 151 Å². The molecule has 26 heavy (non-hydrogen) atoms. The summed E-state index contributed by atoms with van der Waals surface area (Å²) in [5.74, 6) is -0.0509. The molecular weight excluding hydrogens is 356 g/mol. The number of nitriles is 1. The van der Waals surface area contributed by atoms with Gasteiger partial charge in [0.2, 0.25) is 0 Å². The predicted octanol–water partition coefficient (Wildman–Crippen LogP) is 4.82. The second-order valence-corrected chi connectivity index (χ2v) is 7.03. The molecule has 0 saturated heterocycles. The third kappa shape index (κ3) is 2.48. The van der Waals surface area contributed by atoms with Crippen LogP contribution in [0.2, 0.25) is 0 Å². The molecule has 130 valence electrons. The van der Waals surface area contributed by atoms with E-state index < -0.39 is 6.55 Å². The van der Waals surface area contributed by atoms with Crippen LogP contribution < -0.4 is 0 Å². The number of para-hydroxylation sites is 2. The Hall–Kier alpha value is -3.05. The quantitative estimate of drug-likeness (QED) is 0.486. The van der Waals surface area contributed by atoms with Crippen LogP contribution in [0.1, 0.15) is 28.6 Å². The van der Waals surface area contributed by atoms with E-state index in [-0.39, 0.29) is 11.4 Å². The lowest BCUT2D eigenvalue weighted by atomic mass is 10.2. The molecule has 4 aromatic rings. The first-order valence-corrected chi connectivity index (χ1v) is 8.63. The van der Waals surface area contributed by atoms with Gasteiger partial charge in [-0.25, -0.2) is 9.97 Å². The molecule has 0 amide bonds. The first-order valence-electron chi connectivity index (χ1n) is 7.82. The second kappa shape index (κ2) is 6.04. The summed E-state index contributed by atoms with van der Waals surface area (Å²) in [6.07, 6.45) is 3.48. The van der Waals surface area contributed by atoms with E-state index in [2.05, 4.69) is 9.97 Å². The molecule has 0 aliphatic heterocycles. The number of aryl methyl sites for hydroxylation is 2. The van der Waals surface area contributed by atoms with Gasteiger partial charge in [-0.3, -0.25) is 8.97 Å². The Bertz CT molecular complexity index is 1210. The van der Waals surface area contributed by atoms with Crippen LogP contribution in [0, 0.1) is 25.2 Å². The molecular formula is C18H13F2N5S. The number of nitrogens with zero attached hydrogens (tertiary/aromatic N) is 5. The minimum atomic E-state index is -2.80. The van der Waals surface area contributed by atoms with E-state index in [4.69, 9.17) is 0 Å². The van der Waals surface area contributed by atoms with Crippen LogP contribution in [0.15, 0.2) is 30.5 Å². The van der Waals surface area contributed by atoms with Gasteiger partial charge in [0.1, 0.15) is 6.07 Å². The zero-order valence-corrected chi connectivity index (χ0v) is 14.8. The van der Waals surface area contributed by atoms with Crippen LogP contribution in [0.3, 0.4) is 0 Å². The Kier molecular flexibility index (Phi) is 3.81. The molecule has 0 N–H and O–H groups in total. The summed E-state index contributed by atoms with van der Waals surface area (Å²) in [5.41, 5.74) is 2.19. The number of imidazole rings is 2. The maximum absolute atomic E-state index is 13.7. The van der Waals surface area contributed by atoms with Gasteiger partial charge in [0.25, 0.3) is 0 Å². The Morgan fingerprint density at radius 3 is 2.77 bits per heavy atom. The van der Waals surface area contributed by atoms with E-state index in [1.54, 1.807) is 30.3 Å². The van der Waals surface area contributed by atoms with Gasteiger partial charge in [0.15, 0.2) is 10.8 Å². The van der Waals surface area contributed by atoms with Gasteiger partial charge in [-0.15, -0.1) is 11.3 Å². The topological polar surface area (TPSA) is 58.9 Å². The number of benzene rings is 1. The van der Waals surface area contributed by atoms with Crippen molar-refractivity contribution >= 4 is 39.0 Å². The summed E-state index contributed by atoms with van der Waals surface area (Å²) in [4.78, 5) is 10.6. The van der Waals surface area contributed by atoms with E-state index in [1.807, 2.05) is 30.5 Å². The Morgan fingerprint density at radius 2 is 2.04 bits per heavy atom. The fourth-order valence-corrected chi connectivity index (χ4v) is 3.85. The molecule has 0 fully saturated rings. The third-order valence-electron chi connectivity index (χ3n) is 4.10. The normalized spacial score (nSPS) is 12.4. The maximum Gasteiger partial charge on any atom is 0.320 e. The summed E-state index contributed by atoms with van der Waals surface area (Å²) in [7, 11) is 0. The lowest BCUT2D eigenvalue weighted by Gasteiger charge is -2.06. The van der Waals surface area contributed by atoms with E-state index in [0.29, 0.717) is 16.7 Å². The highest BCUT2D eigenvalue weighted by atomic mass is 32.1. The van der Waals surface area contributed by atoms with Crippen molar-refractivity contribution in [2.45, 2.75) is 20.4 Å². The van der Waals surface area contributed by atoms with Gasteiger partial charge in [-0.05, 0) is 32.1 Å². The van der Waals surface area contributed by atoms with E-state index >= 15 is 0 Å². The molecule has 1 aromatic carbocycles. The fourth-order valence-electron chi connectivity index (χ4n) is 2.97. The highest BCUT2D eigenvalue weighted by Crippen LogP contribution is 2.29. The molecule has 0 bridgehead atoms. The van der Waals surface area contributed by atoms with Crippen molar-refractivity contribution in [1.82, 2.24) is 18.9 Å². The molecule has 3 heterocycles. The molecule has 0 unspecified atom stereocenters. The lowest BCUT2D eigenvalue weighted by Crippen LogP contribution is -2.03. The van der Waals surface area contributed by atoms with Crippen molar-refractivity contribution < 1.29 is 8.78 Å². The molecule has 5 nitrogen and oxygen atoms in total. The van der Waals surface area contributed by atoms with Crippen molar-refractivity contribution in [2.24, 2.45) is 0 Å². The van der Waals surface area contributed by atoms with Gasteiger partial charge in [0.05, 0.1) is 28.0 Å². The van der Waals surface area contributed by atoms with Crippen LogP contribution in [0.5, 0.6) is 0 Å². The van der Waals surface area contributed by atoms with E-state index in [0.717, 1.165) is 20.1 Å². The third-order valence-corrected chi connectivity index (χ3v) is 4.99. The summed E-state index contributed by atoms with van der Waals surface area (Å²) < 4.78 is 30.0. The van der Waals surface area contributed by atoms with E-state index in [1.165, 1.54) is 11.3 Å². The predicted molar refractivity (Wildman–Crippen MR) is 97.0 cm³/mol. The maximum atomic E-state index is 13.7. The van der Waals surface area contributed by atoms with Crippen molar-refractivity contribution in [3.05, 3.63) is 52.6 Å². The number of hydrogen-bond donors (Lipinski definition) is 0. The van der Waals surface area contributed by atoms with Crippen LogP contribution in [-0.2, 0) is 0 Å². The van der Waals surface area contributed by atoms with Gasteiger partial charge in [0, 0.05) is 11.1 Å². The molecule has 8 heteroatoms. The number of rotatable bonds is 3. The molecule has 0 aliphatic carbocycles. The van der Waals surface area contributed by atoms with Crippen LogP contribution in [0.4, 0.5) is 8.78 Å². The number of hydrogen-bond acceptors (Lipinski definition) is 4. The molecule has 0 atom stereocenters. The minimum Gasteiger partial charge on any atom is -0.290 e. The van der Waals surface area contributed by atoms with Crippen molar-refractivity contribution in [2.75, 3.05) is 0 Å². The number of aromatic nitrogens is 4.